The third kappa shape index (κ3) is 2.76. The maximum Gasteiger partial charge on any atom is 0.260 e. The molecule has 0 saturated carbocycles. The summed E-state index contributed by atoms with van der Waals surface area (Å²) in [5.74, 6) is -2.00. The van der Waals surface area contributed by atoms with Crippen LogP contribution in [0.5, 0.6) is 0 Å². The standard InChI is InChI=1S/C14H18F2N2O/c1-9-5-6-10(7-17)8-18(9)14(19)13-11(15)3-2-4-12(13)16/h2-4,9-10H,5-8,17H2,1H3. The Balaban J connectivity index is 2.27. The summed E-state index contributed by atoms with van der Waals surface area (Å²) in [5, 5.41) is 0. The number of amides is 1. The first kappa shape index (κ1) is 13.9. The molecule has 1 amide bonds. The van der Waals surface area contributed by atoms with Crippen molar-refractivity contribution in [3.8, 4) is 0 Å². The molecule has 0 aromatic heterocycles. The number of rotatable bonds is 2. The number of nitrogens with zero attached hydrogens (tertiary/aromatic N) is 1. The summed E-state index contributed by atoms with van der Waals surface area (Å²) in [6.07, 6.45) is 1.75. The molecule has 2 unspecified atom stereocenters. The van der Waals surface area contributed by atoms with E-state index in [1.165, 1.54) is 11.0 Å². The van der Waals surface area contributed by atoms with E-state index < -0.39 is 23.1 Å². The normalized spacial score (nSPS) is 23.5. The fraction of sp³-hybridized carbons (Fsp3) is 0.500. The van der Waals surface area contributed by atoms with Crippen LogP contribution in [0.4, 0.5) is 8.78 Å². The van der Waals surface area contributed by atoms with Gasteiger partial charge in [-0.3, -0.25) is 4.79 Å². The van der Waals surface area contributed by atoms with Crippen molar-refractivity contribution >= 4 is 5.91 Å². The van der Waals surface area contributed by atoms with Crippen LogP contribution in [-0.4, -0.2) is 29.9 Å². The SMILES string of the molecule is CC1CCC(CN)CN1C(=O)c1c(F)cccc1F. The second-order valence-electron chi connectivity index (χ2n) is 5.08. The zero-order valence-electron chi connectivity index (χ0n) is 10.9. The Bertz CT molecular complexity index is 458. The van der Waals surface area contributed by atoms with E-state index in [-0.39, 0.29) is 12.0 Å². The number of benzene rings is 1. The first-order valence-corrected chi connectivity index (χ1v) is 6.49. The minimum Gasteiger partial charge on any atom is -0.335 e. The molecule has 1 aliphatic rings. The summed E-state index contributed by atoms with van der Waals surface area (Å²) >= 11 is 0. The molecule has 0 aliphatic carbocycles. The van der Waals surface area contributed by atoms with Crippen molar-refractivity contribution in [3.05, 3.63) is 35.4 Å². The second-order valence-corrected chi connectivity index (χ2v) is 5.08. The molecule has 5 heteroatoms. The Morgan fingerprint density at radius 3 is 2.58 bits per heavy atom. The molecule has 1 saturated heterocycles. The fourth-order valence-electron chi connectivity index (χ4n) is 2.50. The quantitative estimate of drug-likeness (QED) is 0.893. The zero-order valence-corrected chi connectivity index (χ0v) is 10.9. The van der Waals surface area contributed by atoms with Gasteiger partial charge in [0.15, 0.2) is 0 Å². The highest BCUT2D eigenvalue weighted by Crippen LogP contribution is 2.24. The summed E-state index contributed by atoms with van der Waals surface area (Å²) in [4.78, 5) is 13.8. The summed E-state index contributed by atoms with van der Waals surface area (Å²) in [6, 6.07) is 3.44. The molecule has 1 aromatic rings. The van der Waals surface area contributed by atoms with Gasteiger partial charge in [0.05, 0.1) is 0 Å². The van der Waals surface area contributed by atoms with Crippen molar-refractivity contribution in [2.45, 2.75) is 25.8 Å². The van der Waals surface area contributed by atoms with Crippen molar-refractivity contribution in [1.29, 1.82) is 0 Å². The molecule has 1 aromatic carbocycles. The van der Waals surface area contributed by atoms with E-state index >= 15 is 0 Å². The Morgan fingerprint density at radius 2 is 2.00 bits per heavy atom. The third-order valence-corrected chi connectivity index (χ3v) is 3.75. The van der Waals surface area contributed by atoms with E-state index in [0.29, 0.717) is 13.1 Å². The minimum atomic E-state index is -0.813. The van der Waals surface area contributed by atoms with Gasteiger partial charge in [-0.15, -0.1) is 0 Å². The van der Waals surface area contributed by atoms with Crippen LogP contribution in [0.25, 0.3) is 0 Å². The lowest BCUT2D eigenvalue weighted by atomic mass is 9.93. The largest absolute Gasteiger partial charge is 0.335 e. The predicted molar refractivity (Wildman–Crippen MR) is 68.6 cm³/mol. The number of hydrogen-bond donors (Lipinski definition) is 1. The Kier molecular flexibility index (Phi) is 4.14. The molecule has 19 heavy (non-hydrogen) atoms. The number of carbonyl (C=O) groups excluding carboxylic acids is 1. The number of carbonyl (C=O) groups is 1. The maximum atomic E-state index is 13.6. The maximum absolute atomic E-state index is 13.6. The first-order chi connectivity index (χ1) is 9.04. The average molecular weight is 268 g/mol. The molecular formula is C14H18F2N2O. The molecule has 3 nitrogen and oxygen atoms in total. The summed E-state index contributed by atoms with van der Waals surface area (Å²) in [7, 11) is 0. The molecule has 1 aliphatic heterocycles. The topological polar surface area (TPSA) is 46.3 Å². The van der Waals surface area contributed by atoms with Gasteiger partial charge in [-0.25, -0.2) is 8.78 Å². The third-order valence-electron chi connectivity index (χ3n) is 3.75. The zero-order chi connectivity index (χ0) is 14.0. The van der Waals surface area contributed by atoms with Gasteiger partial charge in [0, 0.05) is 12.6 Å². The van der Waals surface area contributed by atoms with Crippen molar-refractivity contribution in [2.24, 2.45) is 11.7 Å². The Morgan fingerprint density at radius 1 is 1.37 bits per heavy atom. The number of nitrogens with two attached hydrogens (primary N) is 1. The van der Waals surface area contributed by atoms with Gasteiger partial charge >= 0.3 is 0 Å². The number of likely N-dealkylation sites (tertiary alicyclic amines) is 1. The molecule has 1 fully saturated rings. The lowest BCUT2D eigenvalue weighted by Crippen LogP contribution is -2.47. The average Bonchev–Trinajstić information content (AvgIpc) is 2.39. The van der Waals surface area contributed by atoms with E-state index in [1.807, 2.05) is 6.92 Å². The lowest BCUT2D eigenvalue weighted by molar-refractivity contribution is 0.0557. The van der Waals surface area contributed by atoms with Crippen LogP contribution in [-0.2, 0) is 0 Å². The van der Waals surface area contributed by atoms with Crippen molar-refractivity contribution in [1.82, 2.24) is 4.90 Å². The van der Waals surface area contributed by atoms with E-state index in [0.717, 1.165) is 25.0 Å². The molecular weight excluding hydrogens is 250 g/mol. The van der Waals surface area contributed by atoms with Crippen molar-refractivity contribution in [2.75, 3.05) is 13.1 Å². The summed E-state index contributed by atoms with van der Waals surface area (Å²) in [6.45, 7) is 2.84. The highest BCUT2D eigenvalue weighted by Gasteiger charge is 2.31. The van der Waals surface area contributed by atoms with Crippen LogP contribution < -0.4 is 5.73 Å². The van der Waals surface area contributed by atoms with Gasteiger partial charge in [-0.05, 0) is 44.4 Å². The lowest BCUT2D eigenvalue weighted by Gasteiger charge is -2.37. The molecule has 1 heterocycles. The van der Waals surface area contributed by atoms with Gasteiger partial charge in [0.25, 0.3) is 5.91 Å². The number of halogens is 2. The highest BCUT2D eigenvalue weighted by atomic mass is 19.1. The monoisotopic (exact) mass is 268 g/mol. The van der Waals surface area contributed by atoms with Crippen LogP contribution in [0.15, 0.2) is 18.2 Å². The summed E-state index contributed by atoms with van der Waals surface area (Å²) < 4.78 is 27.3. The Labute approximate surface area is 111 Å². The van der Waals surface area contributed by atoms with Gasteiger partial charge in [-0.1, -0.05) is 6.07 Å². The minimum absolute atomic E-state index is 0.0192. The molecule has 104 valence electrons. The number of piperidine rings is 1. The van der Waals surface area contributed by atoms with E-state index in [2.05, 4.69) is 0 Å². The van der Waals surface area contributed by atoms with Gasteiger partial charge < -0.3 is 10.6 Å². The molecule has 0 spiro atoms. The molecule has 2 rings (SSSR count). The van der Waals surface area contributed by atoms with Crippen molar-refractivity contribution in [3.63, 3.8) is 0 Å². The van der Waals surface area contributed by atoms with Gasteiger partial charge in [-0.2, -0.15) is 0 Å². The molecule has 0 radical (unpaired) electrons. The van der Waals surface area contributed by atoms with Crippen LogP contribution in [0.3, 0.4) is 0 Å². The smallest absolute Gasteiger partial charge is 0.260 e. The van der Waals surface area contributed by atoms with E-state index in [9.17, 15) is 13.6 Å². The number of hydrogen-bond acceptors (Lipinski definition) is 2. The van der Waals surface area contributed by atoms with E-state index in [1.54, 1.807) is 0 Å². The van der Waals surface area contributed by atoms with Gasteiger partial charge in [0.1, 0.15) is 17.2 Å². The van der Waals surface area contributed by atoms with Crippen LogP contribution >= 0.6 is 0 Å². The predicted octanol–water partition coefficient (Wildman–Crippen LogP) is 2.16. The molecule has 0 bridgehead atoms. The highest BCUT2D eigenvalue weighted by molar-refractivity contribution is 5.95. The van der Waals surface area contributed by atoms with Crippen LogP contribution in [0, 0.1) is 17.6 Å². The fourth-order valence-corrected chi connectivity index (χ4v) is 2.50. The van der Waals surface area contributed by atoms with Gasteiger partial charge in [0.2, 0.25) is 0 Å². The first-order valence-electron chi connectivity index (χ1n) is 6.49. The van der Waals surface area contributed by atoms with Crippen LogP contribution in [0.2, 0.25) is 0 Å². The van der Waals surface area contributed by atoms with E-state index in [4.69, 9.17) is 5.73 Å². The van der Waals surface area contributed by atoms with Crippen molar-refractivity contribution < 1.29 is 13.6 Å². The summed E-state index contributed by atoms with van der Waals surface area (Å²) in [5.41, 5.74) is 5.16. The second kappa shape index (κ2) is 5.65. The molecule has 2 N–H and O–H groups in total. The Hall–Kier alpha value is -1.49. The molecule has 2 atom stereocenters. The van der Waals surface area contributed by atoms with Crippen LogP contribution in [0.1, 0.15) is 30.1 Å².